The quantitative estimate of drug-likeness (QED) is 0.681. The van der Waals surface area contributed by atoms with Crippen molar-refractivity contribution in [1.82, 2.24) is 0 Å². The summed E-state index contributed by atoms with van der Waals surface area (Å²) < 4.78 is 0. The predicted octanol–water partition coefficient (Wildman–Crippen LogP) is 6.14. The van der Waals surface area contributed by atoms with Crippen molar-refractivity contribution in [2.75, 3.05) is 6.61 Å². The van der Waals surface area contributed by atoms with Crippen LogP contribution in [0.2, 0.25) is 0 Å². The second-order valence-corrected chi connectivity index (χ2v) is 10.5. The van der Waals surface area contributed by atoms with Gasteiger partial charge in [0.2, 0.25) is 0 Å². The third kappa shape index (κ3) is 4.55. The number of aromatic hydroxyl groups is 1. The number of aliphatic hydroxyl groups excluding tert-OH is 1. The molecule has 0 saturated carbocycles. The molecule has 27 heavy (non-hydrogen) atoms. The summed E-state index contributed by atoms with van der Waals surface area (Å²) in [6, 6.07) is 14.6. The summed E-state index contributed by atoms with van der Waals surface area (Å²) in [7, 11) is 0. The fraction of sp³-hybridized carbons (Fsp3) is 0.520. The summed E-state index contributed by atoms with van der Waals surface area (Å²) in [5, 5.41) is 21.2. The van der Waals surface area contributed by atoms with Crippen molar-refractivity contribution in [3.05, 3.63) is 64.7 Å². The van der Waals surface area contributed by atoms with Gasteiger partial charge in [-0.05, 0) is 38.5 Å². The molecular formula is C25H36O2. The van der Waals surface area contributed by atoms with Gasteiger partial charge in [0.1, 0.15) is 5.75 Å². The Labute approximate surface area is 165 Å². The van der Waals surface area contributed by atoms with Gasteiger partial charge in [0, 0.05) is 12.5 Å². The van der Waals surface area contributed by atoms with E-state index in [0.29, 0.717) is 5.75 Å². The van der Waals surface area contributed by atoms with Gasteiger partial charge < -0.3 is 10.2 Å². The van der Waals surface area contributed by atoms with Crippen LogP contribution in [0.5, 0.6) is 5.75 Å². The van der Waals surface area contributed by atoms with Crippen LogP contribution < -0.4 is 0 Å². The average molecular weight is 369 g/mol. The molecule has 2 N–H and O–H groups in total. The molecule has 0 fully saturated rings. The Balaban J connectivity index is 2.84. The van der Waals surface area contributed by atoms with Gasteiger partial charge in [-0.25, -0.2) is 0 Å². The molecule has 0 aromatic heterocycles. The molecule has 2 aromatic carbocycles. The third-order valence-corrected chi connectivity index (χ3v) is 5.40. The van der Waals surface area contributed by atoms with E-state index in [1.807, 2.05) is 18.2 Å². The number of phenolic OH excluding ortho intramolecular Hbond substituents is 1. The Kier molecular flexibility index (Phi) is 5.82. The average Bonchev–Trinajstić information content (AvgIpc) is 2.55. The Morgan fingerprint density at radius 3 is 1.56 bits per heavy atom. The molecule has 0 heterocycles. The highest BCUT2D eigenvalue weighted by atomic mass is 16.3. The summed E-state index contributed by atoms with van der Waals surface area (Å²) >= 11 is 0. The molecule has 2 rings (SSSR count). The molecule has 2 aromatic rings. The van der Waals surface area contributed by atoms with Crippen molar-refractivity contribution in [2.24, 2.45) is 5.41 Å². The topological polar surface area (TPSA) is 40.5 Å². The third-order valence-electron chi connectivity index (χ3n) is 5.40. The number of rotatable bonds is 4. The number of benzene rings is 2. The molecule has 0 aliphatic carbocycles. The molecule has 0 amide bonds. The van der Waals surface area contributed by atoms with Gasteiger partial charge in [0.15, 0.2) is 0 Å². The monoisotopic (exact) mass is 368 g/mol. The highest BCUT2D eigenvalue weighted by Crippen LogP contribution is 2.46. The molecule has 2 nitrogen and oxygen atoms in total. The maximum absolute atomic E-state index is 11.0. The molecule has 2 heteroatoms. The van der Waals surface area contributed by atoms with E-state index in [9.17, 15) is 10.2 Å². The summed E-state index contributed by atoms with van der Waals surface area (Å²) in [6.07, 6.45) is 0. The summed E-state index contributed by atoms with van der Waals surface area (Å²) in [5.41, 5.74) is 3.56. The van der Waals surface area contributed by atoms with E-state index >= 15 is 0 Å². The van der Waals surface area contributed by atoms with Gasteiger partial charge in [-0.3, -0.25) is 0 Å². The van der Waals surface area contributed by atoms with E-state index in [1.54, 1.807) is 0 Å². The first-order valence-corrected chi connectivity index (χ1v) is 9.82. The molecule has 0 aliphatic rings. The Hall–Kier alpha value is -1.80. The van der Waals surface area contributed by atoms with Gasteiger partial charge >= 0.3 is 0 Å². The summed E-state index contributed by atoms with van der Waals surface area (Å²) in [4.78, 5) is 0. The molecule has 0 bridgehead atoms. The smallest absolute Gasteiger partial charge is 0.123 e. The summed E-state index contributed by atoms with van der Waals surface area (Å²) in [5.74, 6) is 0.430. The maximum atomic E-state index is 11.0. The van der Waals surface area contributed by atoms with E-state index in [1.165, 1.54) is 5.56 Å². The fourth-order valence-electron chi connectivity index (χ4n) is 3.80. The fourth-order valence-corrected chi connectivity index (χ4v) is 3.80. The van der Waals surface area contributed by atoms with Crippen molar-refractivity contribution >= 4 is 0 Å². The van der Waals surface area contributed by atoms with Crippen LogP contribution in [-0.4, -0.2) is 16.8 Å². The van der Waals surface area contributed by atoms with Gasteiger partial charge in [0.05, 0.1) is 0 Å². The minimum Gasteiger partial charge on any atom is -0.507 e. The highest BCUT2D eigenvalue weighted by molar-refractivity contribution is 5.52. The van der Waals surface area contributed by atoms with Crippen LogP contribution in [0.25, 0.3) is 0 Å². The van der Waals surface area contributed by atoms with Crippen LogP contribution in [0, 0.1) is 5.41 Å². The minimum absolute atomic E-state index is 0.0338. The second-order valence-electron chi connectivity index (χ2n) is 10.5. The number of hydrogen-bond donors (Lipinski definition) is 2. The van der Waals surface area contributed by atoms with Crippen molar-refractivity contribution in [3.63, 3.8) is 0 Å². The Morgan fingerprint density at radius 2 is 1.19 bits per heavy atom. The van der Waals surface area contributed by atoms with Gasteiger partial charge in [-0.15, -0.1) is 0 Å². The standard InChI is InChI=1S/C25H36O2/c1-23(2,3)19-14-18(15-20(22(19)27)24(4,5)6)21(25(7,8)16-26)17-12-10-9-11-13-17/h9-15,21,26-27H,16H2,1-8H3/t21-/m0/s1. The lowest BCUT2D eigenvalue weighted by Crippen LogP contribution is -2.28. The van der Waals surface area contributed by atoms with Gasteiger partial charge in [-0.2, -0.15) is 0 Å². The molecular weight excluding hydrogens is 332 g/mol. The van der Waals surface area contributed by atoms with Crippen molar-refractivity contribution < 1.29 is 10.2 Å². The molecule has 0 aliphatic heterocycles. The van der Waals surface area contributed by atoms with Crippen LogP contribution >= 0.6 is 0 Å². The number of phenols is 1. The zero-order valence-electron chi connectivity index (χ0n) is 18.2. The lowest BCUT2D eigenvalue weighted by molar-refractivity contribution is 0.143. The molecule has 0 unspecified atom stereocenters. The molecule has 0 spiro atoms. The van der Waals surface area contributed by atoms with Crippen LogP contribution in [0.3, 0.4) is 0 Å². The van der Waals surface area contributed by atoms with Crippen molar-refractivity contribution in [2.45, 2.75) is 72.1 Å². The second kappa shape index (κ2) is 7.31. The first-order valence-electron chi connectivity index (χ1n) is 9.82. The van der Waals surface area contributed by atoms with Crippen LogP contribution in [-0.2, 0) is 10.8 Å². The lowest BCUT2D eigenvalue weighted by atomic mass is 9.69. The Bertz CT molecular complexity index is 739. The molecule has 148 valence electrons. The molecule has 0 radical (unpaired) electrons. The van der Waals surface area contributed by atoms with Crippen LogP contribution in [0.4, 0.5) is 0 Å². The van der Waals surface area contributed by atoms with E-state index in [2.05, 4.69) is 79.7 Å². The minimum atomic E-state index is -0.331. The SMILES string of the molecule is CC(C)(C)c1cc([C@H](c2ccccc2)C(C)(C)CO)cc(C(C)(C)C)c1O. The van der Waals surface area contributed by atoms with Gasteiger partial charge in [0.25, 0.3) is 0 Å². The van der Waals surface area contributed by atoms with Crippen molar-refractivity contribution in [3.8, 4) is 5.75 Å². The Morgan fingerprint density at radius 1 is 0.741 bits per heavy atom. The van der Waals surface area contributed by atoms with Crippen LogP contribution in [0.15, 0.2) is 42.5 Å². The van der Waals surface area contributed by atoms with Crippen LogP contribution in [0.1, 0.15) is 83.6 Å². The first-order chi connectivity index (χ1) is 12.3. The maximum Gasteiger partial charge on any atom is 0.123 e. The molecule has 0 saturated heterocycles. The van der Waals surface area contributed by atoms with Gasteiger partial charge in [-0.1, -0.05) is 97.9 Å². The summed E-state index contributed by atoms with van der Waals surface area (Å²) in [6.45, 7) is 17.1. The van der Waals surface area contributed by atoms with E-state index in [0.717, 1.165) is 16.7 Å². The number of aliphatic hydroxyl groups is 1. The van der Waals surface area contributed by atoms with E-state index < -0.39 is 0 Å². The zero-order valence-corrected chi connectivity index (χ0v) is 18.2. The predicted molar refractivity (Wildman–Crippen MR) is 115 cm³/mol. The molecule has 1 atom stereocenters. The highest BCUT2D eigenvalue weighted by Gasteiger charge is 2.35. The van der Waals surface area contributed by atoms with Crippen molar-refractivity contribution in [1.29, 1.82) is 0 Å². The first kappa shape index (κ1) is 21.5. The number of hydrogen-bond acceptors (Lipinski definition) is 2. The lowest BCUT2D eigenvalue weighted by Gasteiger charge is -2.36. The van der Waals surface area contributed by atoms with E-state index in [4.69, 9.17) is 0 Å². The zero-order chi connectivity index (χ0) is 20.6. The van der Waals surface area contributed by atoms with E-state index in [-0.39, 0.29) is 28.8 Å². The largest absolute Gasteiger partial charge is 0.507 e. The normalized spacial score (nSPS) is 14.3.